The molecule has 0 spiro atoms. The zero-order valence-electron chi connectivity index (χ0n) is 12.5. The zero-order valence-corrected chi connectivity index (χ0v) is 12.5. The minimum atomic E-state index is 0.410. The van der Waals surface area contributed by atoms with E-state index in [0.29, 0.717) is 24.4 Å². The molecule has 1 aliphatic rings. The van der Waals surface area contributed by atoms with Crippen molar-refractivity contribution in [3.05, 3.63) is 18.2 Å². The molecule has 1 fully saturated rings. The predicted molar refractivity (Wildman–Crippen MR) is 79.1 cm³/mol. The Balaban J connectivity index is 2.06. The van der Waals surface area contributed by atoms with Gasteiger partial charge in [-0.05, 0) is 38.8 Å². The van der Waals surface area contributed by atoms with Gasteiger partial charge in [0.25, 0.3) is 0 Å². The summed E-state index contributed by atoms with van der Waals surface area (Å²) in [6.45, 7) is 11.0. The third-order valence-electron chi connectivity index (χ3n) is 4.41. The SMILES string of the molecule is CC(C)C(CN)c1cncn1CC(C)N1CCCC1. The normalized spacial score (nSPS) is 20.1. The van der Waals surface area contributed by atoms with Gasteiger partial charge in [-0.3, -0.25) is 4.90 Å². The largest absolute Gasteiger partial charge is 0.333 e. The van der Waals surface area contributed by atoms with Crippen LogP contribution in [0, 0.1) is 5.92 Å². The van der Waals surface area contributed by atoms with Crippen molar-refractivity contribution in [2.24, 2.45) is 11.7 Å². The van der Waals surface area contributed by atoms with Crippen LogP contribution in [0.25, 0.3) is 0 Å². The summed E-state index contributed by atoms with van der Waals surface area (Å²) in [6.07, 6.45) is 6.65. The second-order valence-corrected chi connectivity index (χ2v) is 6.15. The summed E-state index contributed by atoms with van der Waals surface area (Å²) in [5.41, 5.74) is 7.23. The number of imidazole rings is 1. The van der Waals surface area contributed by atoms with Crippen LogP contribution in [0.15, 0.2) is 12.5 Å². The molecular formula is C15H28N4. The Hall–Kier alpha value is -0.870. The Morgan fingerprint density at radius 2 is 1.95 bits per heavy atom. The molecule has 0 saturated carbocycles. The highest BCUT2D eigenvalue weighted by atomic mass is 15.2. The third kappa shape index (κ3) is 3.37. The summed E-state index contributed by atoms with van der Waals surface area (Å²) in [4.78, 5) is 6.92. The van der Waals surface area contributed by atoms with Crippen molar-refractivity contribution in [1.82, 2.24) is 14.5 Å². The molecule has 2 atom stereocenters. The first-order valence-corrected chi connectivity index (χ1v) is 7.57. The zero-order chi connectivity index (χ0) is 13.8. The van der Waals surface area contributed by atoms with Gasteiger partial charge in [0.1, 0.15) is 0 Å². The highest BCUT2D eigenvalue weighted by Crippen LogP contribution is 2.24. The van der Waals surface area contributed by atoms with E-state index in [4.69, 9.17) is 5.73 Å². The number of hydrogen-bond acceptors (Lipinski definition) is 3. The van der Waals surface area contributed by atoms with Crippen molar-refractivity contribution in [2.45, 2.75) is 52.1 Å². The van der Waals surface area contributed by atoms with E-state index in [-0.39, 0.29) is 0 Å². The molecule has 0 amide bonds. The number of aromatic nitrogens is 2. The van der Waals surface area contributed by atoms with Crippen LogP contribution in [-0.4, -0.2) is 40.1 Å². The van der Waals surface area contributed by atoms with Crippen molar-refractivity contribution < 1.29 is 0 Å². The maximum Gasteiger partial charge on any atom is 0.0948 e. The Bertz CT molecular complexity index is 379. The molecule has 2 N–H and O–H groups in total. The molecular weight excluding hydrogens is 236 g/mol. The lowest BCUT2D eigenvalue weighted by molar-refractivity contribution is 0.233. The van der Waals surface area contributed by atoms with E-state index in [2.05, 4.69) is 35.2 Å². The van der Waals surface area contributed by atoms with Crippen molar-refractivity contribution in [2.75, 3.05) is 19.6 Å². The van der Waals surface area contributed by atoms with Crippen molar-refractivity contribution >= 4 is 0 Å². The topological polar surface area (TPSA) is 47.1 Å². The first-order valence-electron chi connectivity index (χ1n) is 7.57. The highest BCUT2D eigenvalue weighted by molar-refractivity contribution is 5.08. The summed E-state index contributed by atoms with van der Waals surface area (Å²) < 4.78 is 2.31. The van der Waals surface area contributed by atoms with Gasteiger partial charge in [0.2, 0.25) is 0 Å². The summed E-state index contributed by atoms with van der Waals surface area (Å²) in [5, 5.41) is 0. The summed E-state index contributed by atoms with van der Waals surface area (Å²) in [6, 6.07) is 0.584. The summed E-state index contributed by atoms with van der Waals surface area (Å²) in [5.74, 6) is 0.968. The van der Waals surface area contributed by atoms with Crippen molar-refractivity contribution in [1.29, 1.82) is 0 Å². The molecule has 4 heteroatoms. The average Bonchev–Trinajstić information content (AvgIpc) is 3.01. The summed E-state index contributed by atoms with van der Waals surface area (Å²) in [7, 11) is 0. The number of nitrogens with zero attached hydrogens (tertiary/aromatic N) is 3. The van der Waals surface area contributed by atoms with Gasteiger partial charge in [0, 0.05) is 36.9 Å². The second-order valence-electron chi connectivity index (χ2n) is 6.15. The van der Waals surface area contributed by atoms with Crippen LogP contribution in [0.4, 0.5) is 0 Å². The minimum Gasteiger partial charge on any atom is -0.333 e. The maximum absolute atomic E-state index is 5.94. The Morgan fingerprint density at radius 1 is 1.26 bits per heavy atom. The van der Waals surface area contributed by atoms with E-state index < -0.39 is 0 Å². The monoisotopic (exact) mass is 264 g/mol. The lowest BCUT2D eigenvalue weighted by Gasteiger charge is -2.27. The molecule has 19 heavy (non-hydrogen) atoms. The van der Waals surface area contributed by atoms with Crippen molar-refractivity contribution in [3.63, 3.8) is 0 Å². The standard InChI is InChI=1S/C15H28N4/c1-12(2)14(8-16)15-9-17-11-19(15)10-13(3)18-6-4-5-7-18/h9,11-14H,4-8,10,16H2,1-3H3. The fourth-order valence-corrected chi connectivity index (χ4v) is 3.11. The number of likely N-dealkylation sites (tertiary alicyclic amines) is 1. The predicted octanol–water partition coefficient (Wildman–Crippen LogP) is 2.07. The molecule has 4 nitrogen and oxygen atoms in total. The van der Waals surface area contributed by atoms with E-state index in [1.807, 2.05) is 12.5 Å². The highest BCUT2D eigenvalue weighted by Gasteiger charge is 2.22. The van der Waals surface area contributed by atoms with E-state index in [1.165, 1.54) is 31.6 Å². The fourth-order valence-electron chi connectivity index (χ4n) is 3.11. The Morgan fingerprint density at radius 3 is 2.53 bits per heavy atom. The number of rotatable bonds is 6. The van der Waals surface area contributed by atoms with Gasteiger partial charge in [0.05, 0.1) is 6.33 Å². The van der Waals surface area contributed by atoms with Gasteiger partial charge in [-0.25, -0.2) is 4.98 Å². The quantitative estimate of drug-likeness (QED) is 0.855. The molecule has 1 saturated heterocycles. The molecule has 0 radical (unpaired) electrons. The summed E-state index contributed by atoms with van der Waals surface area (Å²) >= 11 is 0. The van der Waals surface area contributed by atoms with Crippen molar-refractivity contribution in [3.8, 4) is 0 Å². The second kappa shape index (κ2) is 6.53. The first-order chi connectivity index (χ1) is 9.13. The minimum absolute atomic E-state index is 0.410. The van der Waals surface area contributed by atoms with Gasteiger partial charge in [-0.15, -0.1) is 0 Å². The molecule has 2 unspecified atom stereocenters. The van der Waals surface area contributed by atoms with E-state index in [0.717, 1.165) is 6.54 Å². The molecule has 108 valence electrons. The van der Waals surface area contributed by atoms with Crippen LogP contribution >= 0.6 is 0 Å². The lowest BCUT2D eigenvalue weighted by Crippen LogP contribution is -2.34. The van der Waals surface area contributed by atoms with Gasteiger partial charge in [-0.2, -0.15) is 0 Å². The number of hydrogen-bond donors (Lipinski definition) is 1. The van der Waals surface area contributed by atoms with Gasteiger partial charge in [0.15, 0.2) is 0 Å². The maximum atomic E-state index is 5.94. The molecule has 0 bridgehead atoms. The average molecular weight is 264 g/mol. The fraction of sp³-hybridized carbons (Fsp3) is 0.800. The number of nitrogens with two attached hydrogens (primary N) is 1. The third-order valence-corrected chi connectivity index (χ3v) is 4.41. The van der Waals surface area contributed by atoms with Gasteiger partial charge >= 0.3 is 0 Å². The lowest BCUT2D eigenvalue weighted by atomic mass is 9.93. The van der Waals surface area contributed by atoms with Crippen LogP contribution in [-0.2, 0) is 6.54 Å². The molecule has 1 aliphatic heterocycles. The van der Waals surface area contributed by atoms with E-state index in [9.17, 15) is 0 Å². The van der Waals surface area contributed by atoms with Crippen LogP contribution in [0.1, 0.15) is 45.2 Å². The molecule has 0 aromatic carbocycles. The first kappa shape index (κ1) is 14.5. The Kier molecular flexibility index (Phi) is 4.99. The molecule has 2 heterocycles. The Labute approximate surface area is 117 Å². The molecule has 2 rings (SSSR count). The van der Waals surface area contributed by atoms with Gasteiger partial charge in [-0.1, -0.05) is 13.8 Å². The van der Waals surface area contributed by atoms with Crippen LogP contribution in [0.2, 0.25) is 0 Å². The van der Waals surface area contributed by atoms with Crippen LogP contribution in [0.3, 0.4) is 0 Å². The van der Waals surface area contributed by atoms with Crippen LogP contribution < -0.4 is 5.73 Å². The van der Waals surface area contributed by atoms with E-state index >= 15 is 0 Å². The van der Waals surface area contributed by atoms with Gasteiger partial charge < -0.3 is 10.3 Å². The van der Waals surface area contributed by atoms with E-state index in [1.54, 1.807) is 0 Å². The molecule has 1 aromatic rings. The molecule has 0 aliphatic carbocycles. The van der Waals surface area contributed by atoms with Crippen LogP contribution in [0.5, 0.6) is 0 Å². The smallest absolute Gasteiger partial charge is 0.0948 e. The molecule has 1 aromatic heterocycles.